The number of hydrogen-bond donors (Lipinski definition) is 1. The molecule has 2 aromatic heterocycles. The van der Waals surface area contributed by atoms with Gasteiger partial charge in [-0.25, -0.2) is 9.97 Å². The Hall–Kier alpha value is -4.09. The van der Waals surface area contributed by atoms with E-state index in [9.17, 15) is 22.8 Å². The number of hydrogen-bond acceptors (Lipinski definition) is 8. The van der Waals surface area contributed by atoms with Crippen LogP contribution in [0.2, 0.25) is 0 Å². The SMILES string of the molecule is C[C@@H](CC(=O)c1ncnc2c1CCC(=O)N2)c1cc(C2=Nc3ccc(OC(F)(F)F)cc3C2)no1. The molecule has 1 aromatic carbocycles. The number of ether oxygens (including phenoxy) is 1. The second-order valence-corrected chi connectivity index (χ2v) is 8.31. The summed E-state index contributed by atoms with van der Waals surface area (Å²) in [5.74, 6) is -0.191. The van der Waals surface area contributed by atoms with Crippen LogP contribution in [0.25, 0.3) is 0 Å². The summed E-state index contributed by atoms with van der Waals surface area (Å²) in [6.07, 6.45) is -2.52. The molecule has 0 bridgehead atoms. The van der Waals surface area contributed by atoms with Crippen LogP contribution in [0, 0.1) is 0 Å². The summed E-state index contributed by atoms with van der Waals surface area (Å²) < 4.78 is 46.9. The minimum atomic E-state index is -4.77. The Balaban J connectivity index is 1.27. The van der Waals surface area contributed by atoms with Crippen molar-refractivity contribution < 1.29 is 32.0 Å². The van der Waals surface area contributed by atoms with Crippen molar-refractivity contribution >= 4 is 28.9 Å². The standard InChI is InChI=1S/C23H18F3N5O4/c1-11(6-18(32)21-14-3-5-20(33)30-22(14)28-10-27-21)19-9-17(31-35-19)16-8-12-7-13(34-23(24,25)26)2-4-15(12)29-16/h2,4,7,9-11H,3,5-6,8H2,1H3,(H,27,28,30,33)/t11-/m0/s1. The van der Waals surface area contributed by atoms with Gasteiger partial charge >= 0.3 is 6.36 Å². The van der Waals surface area contributed by atoms with Crippen LogP contribution in [-0.2, 0) is 17.6 Å². The monoisotopic (exact) mass is 485 g/mol. The van der Waals surface area contributed by atoms with Gasteiger partial charge in [-0.05, 0) is 30.2 Å². The first kappa shape index (κ1) is 22.7. The highest BCUT2D eigenvalue weighted by atomic mass is 19.4. The lowest BCUT2D eigenvalue weighted by atomic mass is 9.95. The predicted molar refractivity (Wildman–Crippen MR) is 116 cm³/mol. The summed E-state index contributed by atoms with van der Waals surface area (Å²) in [5.41, 5.74) is 2.98. The number of aromatic nitrogens is 3. The molecule has 2 aliphatic rings. The molecule has 2 aliphatic heterocycles. The maximum Gasteiger partial charge on any atom is 0.573 e. The lowest BCUT2D eigenvalue weighted by Gasteiger charge is -2.17. The molecular formula is C23H18F3N5O4. The highest BCUT2D eigenvalue weighted by Crippen LogP contribution is 2.34. The Morgan fingerprint density at radius 2 is 2.06 bits per heavy atom. The van der Waals surface area contributed by atoms with Gasteiger partial charge in [-0.2, -0.15) is 0 Å². The van der Waals surface area contributed by atoms with Crippen molar-refractivity contribution in [1.82, 2.24) is 15.1 Å². The van der Waals surface area contributed by atoms with Gasteiger partial charge in [-0.3, -0.25) is 14.6 Å². The number of alkyl halides is 3. The zero-order valence-corrected chi connectivity index (χ0v) is 18.3. The fourth-order valence-corrected chi connectivity index (χ4v) is 4.09. The van der Waals surface area contributed by atoms with Gasteiger partial charge in [-0.1, -0.05) is 12.1 Å². The number of nitrogens with zero attached hydrogens (tertiary/aromatic N) is 4. The number of ketones is 1. The highest BCUT2D eigenvalue weighted by molar-refractivity contribution is 6.05. The Kier molecular flexibility index (Phi) is 5.58. The molecule has 0 saturated heterocycles. The van der Waals surface area contributed by atoms with E-state index in [0.717, 1.165) is 0 Å². The highest BCUT2D eigenvalue weighted by Gasteiger charge is 2.32. The second kappa shape index (κ2) is 8.60. The van der Waals surface area contributed by atoms with Gasteiger partial charge in [0.15, 0.2) is 5.78 Å². The van der Waals surface area contributed by atoms with Crippen LogP contribution < -0.4 is 10.1 Å². The van der Waals surface area contributed by atoms with E-state index in [1.54, 1.807) is 6.07 Å². The molecule has 0 spiro atoms. The maximum atomic E-state index is 12.9. The first-order valence-corrected chi connectivity index (χ1v) is 10.8. The Bertz CT molecular complexity index is 1370. The van der Waals surface area contributed by atoms with Gasteiger partial charge in [-0.15, -0.1) is 13.2 Å². The topological polar surface area (TPSA) is 120 Å². The van der Waals surface area contributed by atoms with Crippen molar-refractivity contribution in [3.8, 4) is 5.75 Å². The fourth-order valence-electron chi connectivity index (χ4n) is 4.09. The van der Waals surface area contributed by atoms with Crippen molar-refractivity contribution in [3.63, 3.8) is 0 Å². The van der Waals surface area contributed by atoms with Crippen molar-refractivity contribution in [3.05, 3.63) is 58.9 Å². The van der Waals surface area contributed by atoms with Crippen LogP contribution in [0.5, 0.6) is 5.75 Å². The third-order valence-corrected chi connectivity index (χ3v) is 5.77. The number of amides is 1. The number of rotatable bonds is 6. The summed E-state index contributed by atoms with van der Waals surface area (Å²) in [4.78, 5) is 37.1. The molecular weight excluding hydrogens is 467 g/mol. The van der Waals surface area contributed by atoms with Crippen LogP contribution in [0.3, 0.4) is 0 Å². The average Bonchev–Trinajstić information content (AvgIpc) is 3.44. The van der Waals surface area contributed by atoms with Gasteiger partial charge < -0.3 is 14.6 Å². The Morgan fingerprint density at radius 3 is 2.86 bits per heavy atom. The number of carbonyl (C=O) groups is 2. The minimum Gasteiger partial charge on any atom is -0.406 e. The fraction of sp³-hybridized carbons (Fsp3) is 0.304. The third kappa shape index (κ3) is 4.77. The molecule has 0 radical (unpaired) electrons. The summed E-state index contributed by atoms with van der Waals surface area (Å²) in [5, 5.41) is 6.69. The summed E-state index contributed by atoms with van der Waals surface area (Å²) in [6, 6.07) is 5.63. The van der Waals surface area contributed by atoms with E-state index in [2.05, 4.69) is 30.2 Å². The number of carbonyl (C=O) groups excluding carboxylic acids is 2. The largest absolute Gasteiger partial charge is 0.573 e. The molecule has 0 fully saturated rings. The van der Waals surface area contributed by atoms with Gasteiger partial charge in [0.25, 0.3) is 0 Å². The van der Waals surface area contributed by atoms with E-state index in [1.807, 2.05) is 6.92 Å². The molecule has 5 rings (SSSR count). The van der Waals surface area contributed by atoms with Crippen LogP contribution in [0.4, 0.5) is 24.7 Å². The molecule has 4 heterocycles. The van der Waals surface area contributed by atoms with E-state index < -0.39 is 6.36 Å². The van der Waals surface area contributed by atoms with Crippen molar-refractivity contribution in [2.24, 2.45) is 4.99 Å². The quantitative estimate of drug-likeness (QED) is 0.517. The zero-order chi connectivity index (χ0) is 24.7. The maximum absolute atomic E-state index is 12.9. The molecule has 180 valence electrons. The summed E-state index contributed by atoms with van der Waals surface area (Å²) >= 11 is 0. The molecule has 1 N–H and O–H groups in total. The summed E-state index contributed by atoms with van der Waals surface area (Å²) in [7, 11) is 0. The minimum absolute atomic E-state index is 0.0941. The van der Waals surface area contributed by atoms with E-state index >= 15 is 0 Å². The first-order valence-electron chi connectivity index (χ1n) is 10.8. The van der Waals surface area contributed by atoms with Crippen molar-refractivity contribution in [2.45, 2.75) is 44.9 Å². The lowest BCUT2D eigenvalue weighted by molar-refractivity contribution is -0.274. The molecule has 1 amide bonds. The molecule has 1 atom stereocenters. The number of benzene rings is 1. The van der Waals surface area contributed by atoms with E-state index in [-0.39, 0.29) is 48.3 Å². The summed E-state index contributed by atoms with van der Waals surface area (Å²) in [6.45, 7) is 1.81. The smallest absolute Gasteiger partial charge is 0.406 e. The van der Waals surface area contributed by atoms with Crippen LogP contribution in [-0.4, -0.2) is 38.9 Å². The van der Waals surface area contributed by atoms with Gasteiger partial charge in [0, 0.05) is 36.8 Å². The molecule has 0 saturated carbocycles. The Labute approximate surface area is 196 Å². The molecule has 12 heteroatoms. The number of fused-ring (bicyclic) bond motifs is 2. The van der Waals surface area contributed by atoms with E-state index in [1.165, 1.54) is 24.5 Å². The molecule has 35 heavy (non-hydrogen) atoms. The number of nitrogens with one attached hydrogen (secondary N) is 1. The molecule has 0 aliphatic carbocycles. The first-order chi connectivity index (χ1) is 16.7. The lowest BCUT2D eigenvalue weighted by Crippen LogP contribution is -2.23. The van der Waals surface area contributed by atoms with Crippen LogP contribution in [0.1, 0.15) is 58.8 Å². The number of halogens is 3. The van der Waals surface area contributed by atoms with Gasteiger partial charge in [0.05, 0.1) is 11.4 Å². The average molecular weight is 485 g/mol. The predicted octanol–water partition coefficient (Wildman–Crippen LogP) is 4.30. The number of anilines is 1. The van der Waals surface area contributed by atoms with Crippen molar-refractivity contribution in [2.75, 3.05) is 5.32 Å². The number of Topliss-reactive ketones (excluding diaryl/α,β-unsaturated/α-hetero) is 1. The van der Waals surface area contributed by atoms with Crippen molar-refractivity contribution in [1.29, 1.82) is 0 Å². The zero-order valence-electron chi connectivity index (χ0n) is 18.3. The second-order valence-electron chi connectivity index (χ2n) is 8.31. The van der Waals surface area contributed by atoms with Crippen LogP contribution in [0.15, 0.2) is 40.1 Å². The van der Waals surface area contributed by atoms with E-state index in [0.29, 0.717) is 46.2 Å². The number of aliphatic imine (C=N–C) groups is 1. The molecule has 0 unspecified atom stereocenters. The molecule has 9 nitrogen and oxygen atoms in total. The normalized spacial score (nSPS) is 15.7. The van der Waals surface area contributed by atoms with E-state index in [4.69, 9.17) is 4.52 Å². The third-order valence-electron chi connectivity index (χ3n) is 5.77. The Morgan fingerprint density at radius 1 is 1.23 bits per heavy atom. The van der Waals surface area contributed by atoms with Gasteiger partial charge in [0.2, 0.25) is 5.91 Å². The molecule has 3 aromatic rings. The van der Waals surface area contributed by atoms with Crippen LogP contribution >= 0.6 is 0 Å². The van der Waals surface area contributed by atoms with Gasteiger partial charge in [0.1, 0.15) is 35.0 Å².